The highest BCUT2D eigenvalue weighted by Gasteiger charge is 2.42. The molecule has 0 saturated carbocycles. The van der Waals surface area contributed by atoms with Crippen molar-refractivity contribution in [3.63, 3.8) is 0 Å². The molecule has 0 aromatic heterocycles. The molecule has 1 fully saturated rings. The third-order valence-corrected chi connectivity index (χ3v) is 3.38. The Morgan fingerprint density at radius 2 is 1.95 bits per heavy atom. The zero-order valence-corrected chi connectivity index (χ0v) is 11.6. The summed E-state index contributed by atoms with van der Waals surface area (Å²) in [6, 6.07) is 9.39. The molecule has 100 valence electrons. The summed E-state index contributed by atoms with van der Waals surface area (Å²) in [5.41, 5.74) is -0.0333. The lowest BCUT2D eigenvalue weighted by Crippen LogP contribution is -2.66. The van der Waals surface area contributed by atoms with E-state index in [1.165, 1.54) is 0 Å². The zero-order valence-electron chi connectivity index (χ0n) is 10.8. The van der Waals surface area contributed by atoms with Gasteiger partial charge in [0.05, 0.1) is 0 Å². The Balaban J connectivity index is 2.17. The van der Waals surface area contributed by atoms with Crippen LogP contribution in [0.25, 0.3) is 0 Å². The van der Waals surface area contributed by atoms with Gasteiger partial charge < -0.3 is 10.2 Å². The number of rotatable bonds is 1. The minimum absolute atomic E-state index is 0.0669. The van der Waals surface area contributed by atoms with Crippen LogP contribution in [0.5, 0.6) is 0 Å². The highest BCUT2D eigenvalue weighted by Crippen LogP contribution is 2.20. The molecule has 0 aliphatic carbocycles. The Morgan fingerprint density at radius 3 is 2.58 bits per heavy atom. The number of hydrogen-bond acceptors (Lipinski definition) is 3. The van der Waals surface area contributed by atoms with E-state index in [2.05, 4.69) is 10.6 Å². The van der Waals surface area contributed by atoms with Crippen molar-refractivity contribution in [2.75, 3.05) is 11.9 Å². The lowest BCUT2D eigenvalue weighted by Gasteiger charge is -2.41. The van der Waals surface area contributed by atoms with E-state index < -0.39 is 5.54 Å². The van der Waals surface area contributed by atoms with Crippen LogP contribution in [0.1, 0.15) is 13.8 Å². The Labute approximate surface area is 117 Å². The first-order chi connectivity index (χ1) is 8.91. The van der Waals surface area contributed by atoms with Crippen molar-refractivity contribution in [3.05, 3.63) is 30.3 Å². The highest BCUT2D eigenvalue weighted by atomic mass is 32.1. The van der Waals surface area contributed by atoms with E-state index >= 15 is 0 Å². The van der Waals surface area contributed by atoms with Crippen LogP contribution in [0.4, 0.5) is 5.69 Å². The molecule has 6 heteroatoms. The van der Waals surface area contributed by atoms with Gasteiger partial charge in [-0.2, -0.15) is 0 Å². The van der Waals surface area contributed by atoms with Gasteiger partial charge in [-0.05, 0) is 38.2 Å². The summed E-state index contributed by atoms with van der Waals surface area (Å²) in [5.74, 6) is -0.692. The van der Waals surface area contributed by atoms with Gasteiger partial charge in [-0.3, -0.25) is 14.9 Å². The van der Waals surface area contributed by atoms with Crippen LogP contribution in [0, 0.1) is 0 Å². The number of nitrogens with zero attached hydrogens (tertiary/aromatic N) is 1. The van der Waals surface area contributed by atoms with Gasteiger partial charge in [0.2, 0.25) is 5.91 Å². The number of piperazine rings is 1. The smallest absolute Gasteiger partial charge is 0.251 e. The molecule has 0 atom stereocenters. The first kappa shape index (κ1) is 13.5. The van der Waals surface area contributed by atoms with Gasteiger partial charge in [-0.25, -0.2) is 0 Å². The van der Waals surface area contributed by atoms with Crippen LogP contribution < -0.4 is 10.6 Å². The van der Waals surface area contributed by atoms with E-state index in [9.17, 15) is 9.59 Å². The van der Waals surface area contributed by atoms with Crippen molar-refractivity contribution in [1.29, 1.82) is 0 Å². The maximum Gasteiger partial charge on any atom is 0.251 e. The zero-order chi connectivity index (χ0) is 14.0. The fraction of sp³-hybridized carbons (Fsp3) is 0.308. The minimum Gasteiger partial charge on any atom is -0.333 e. The largest absolute Gasteiger partial charge is 0.333 e. The highest BCUT2D eigenvalue weighted by molar-refractivity contribution is 7.80. The quantitative estimate of drug-likeness (QED) is 0.595. The van der Waals surface area contributed by atoms with Crippen molar-refractivity contribution < 1.29 is 9.59 Å². The summed E-state index contributed by atoms with van der Waals surface area (Å²) in [7, 11) is 0. The topological polar surface area (TPSA) is 61.4 Å². The number of carbonyl (C=O) groups is 2. The van der Waals surface area contributed by atoms with Crippen LogP contribution in [0.2, 0.25) is 0 Å². The third-order valence-electron chi connectivity index (χ3n) is 3.06. The van der Waals surface area contributed by atoms with Crippen LogP contribution in [0.3, 0.4) is 0 Å². The van der Waals surface area contributed by atoms with E-state index in [0.29, 0.717) is 5.11 Å². The van der Waals surface area contributed by atoms with Crippen molar-refractivity contribution in [2.24, 2.45) is 0 Å². The molecule has 0 bridgehead atoms. The van der Waals surface area contributed by atoms with Crippen LogP contribution in [-0.4, -0.2) is 33.9 Å². The standard InChI is InChI=1S/C13H15N3O2S/c1-13(2)11(18)15-10(17)8-16(13)12(19)14-9-6-4-3-5-7-9/h3-7H,8H2,1-2H3,(H,14,19)(H,15,17,18). The average Bonchev–Trinajstić information content (AvgIpc) is 2.35. The number of nitrogens with one attached hydrogen (secondary N) is 2. The second-order valence-electron chi connectivity index (χ2n) is 4.82. The second-order valence-corrected chi connectivity index (χ2v) is 5.21. The SMILES string of the molecule is CC1(C)C(=O)NC(=O)CN1C(=S)Nc1ccccc1. The maximum absolute atomic E-state index is 11.8. The van der Waals surface area contributed by atoms with E-state index in [0.717, 1.165) is 5.69 Å². The molecule has 1 aliphatic heterocycles. The third kappa shape index (κ3) is 2.73. The molecule has 19 heavy (non-hydrogen) atoms. The lowest BCUT2D eigenvalue weighted by atomic mass is 9.99. The molecular formula is C13H15N3O2S. The average molecular weight is 277 g/mol. The molecule has 0 unspecified atom stereocenters. The number of hydrogen-bond donors (Lipinski definition) is 2. The minimum atomic E-state index is -0.854. The van der Waals surface area contributed by atoms with E-state index in [1.807, 2.05) is 30.3 Å². The summed E-state index contributed by atoms with van der Waals surface area (Å²) in [6.07, 6.45) is 0. The predicted octanol–water partition coefficient (Wildman–Crippen LogP) is 1.12. The van der Waals surface area contributed by atoms with Gasteiger partial charge in [0.25, 0.3) is 5.91 Å². The molecule has 2 amide bonds. The van der Waals surface area contributed by atoms with Gasteiger partial charge >= 0.3 is 0 Å². The Kier molecular flexibility index (Phi) is 3.53. The molecule has 5 nitrogen and oxygen atoms in total. The van der Waals surface area contributed by atoms with Gasteiger partial charge in [0, 0.05) is 5.69 Å². The molecule has 1 saturated heterocycles. The van der Waals surface area contributed by atoms with E-state index in [4.69, 9.17) is 12.2 Å². The first-order valence-electron chi connectivity index (χ1n) is 5.89. The molecular weight excluding hydrogens is 262 g/mol. The summed E-state index contributed by atoms with van der Waals surface area (Å²) < 4.78 is 0. The van der Waals surface area contributed by atoms with Crippen LogP contribution in [-0.2, 0) is 9.59 Å². The molecule has 1 aromatic carbocycles. The monoisotopic (exact) mass is 277 g/mol. The Hall–Kier alpha value is -1.95. The Bertz CT molecular complexity index is 528. The van der Waals surface area contributed by atoms with Crippen molar-refractivity contribution in [2.45, 2.75) is 19.4 Å². The van der Waals surface area contributed by atoms with Crippen LogP contribution >= 0.6 is 12.2 Å². The van der Waals surface area contributed by atoms with E-state index in [1.54, 1.807) is 18.7 Å². The molecule has 2 N–H and O–H groups in total. The number of benzene rings is 1. The van der Waals surface area contributed by atoms with Gasteiger partial charge in [-0.15, -0.1) is 0 Å². The number of imide groups is 1. The molecule has 2 rings (SSSR count). The summed E-state index contributed by atoms with van der Waals surface area (Å²) >= 11 is 5.29. The van der Waals surface area contributed by atoms with Crippen molar-refractivity contribution in [3.8, 4) is 0 Å². The number of anilines is 1. The second kappa shape index (κ2) is 4.97. The number of thiocarbonyl (C=S) groups is 1. The van der Waals surface area contributed by atoms with Crippen molar-refractivity contribution >= 4 is 34.8 Å². The van der Waals surface area contributed by atoms with Crippen LogP contribution in [0.15, 0.2) is 30.3 Å². The lowest BCUT2D eigenvalue weighted by molar-refractivity contribution is -0.141. The van der Waals surface area contributed by atoms with Gasteiger partial charge in [0.15, 0.2) is 5.11 Å². The number of para-hydroxylation sites is 1. The first-order valence-corrected chi connectivity index (χ1v) is 6.30. The number of carbonyl (C=O) groups excluding carboxylic acids is 2. The number of amides is 2. The fourth-order valence-electron chi connectivity index (χ4n) is 1.82. The Morgan fingerprint density at radius 1 is 1.32 bits per heavy atom. The van der Waals surface area contributed by atoms with Gasteiger partial charge in [0.1, 0.15) is 12.1 Å². The molecule has 1 aromatic rings. The molecule has 1 heterocycles. The molecule has 1 aliphatic rings. The van der Waals surface area contributed by atoms with Crippen molar-refractivity contribution in [1.82, 2.24) is 10.2 Å². The van der Waals surface area contributed by atoms with E-state index in [-0.39, 0.29) is 18.4 Å². The summed E-state index contributed by atoms with van der Waals surface area (Å²) in [6.45, 7) is 3.53. The summed E-state index contributed by atoms with van der Waals surface area (Å²) in [4.78, 5) is 24.9. The molecule has 0 spiro atoms. The fourth-order valence-corrected chi connectivity index (χ4v) is 2.23. The summed E-state index contributed by atoms with van der Waals surface area (Å²) in [5, 5.41) is 5.71. The normalized spacial score (nSPS) is 17.9. The molecule has 0 radical (unpaired) electrons. The predicted molar refractivity (Wildman–Crippen MR) is 76.6 cm³/mol. The van der Waals surface area contributed by atoms with Gasteiger partial charge in [-0.1, -0.05) is 18.2 Å². The maximum atomic E-state index is 11.8.